The molecule has 1 aromatic carbocycles. The van der Waals surface area contributed by atoms with E-state index in [0.717, 1.165) is 0 Å². The number of para-hydroxylation sites is 2. The molecule has 0 atom stereocenters. The fourth-order valence-electron chi connectivity index (χ4n) is 1.37. The van der Waals surface area contributed by atoms with Crippen molar-refractivity contribution in [2.45, 2.75) is 13.8 Å². The van der Waals surface area contributed by atoms with E-state index in [1.165, 1.54) is 20.2 Å². The number of aliphatic hydroxyl groups excluding tert-OH is 1. The zero-order valence-electron chi connectivity index (χ0n) is 11.2. The highest BCUT2D eigenvalue weighted by Gasteiger charge is 2.12. The van der Waals surface area contributed by atoms with Gasteiger partial charge in [0.1, 0.15) is 22.8 Å². The minimum atomic E-state index is -0.610. The van der Waals surface area contributed by atoms with Crippen molar-refractivity contribution in [3.05, 3.63) is 35.6 Å². The van der Waals surface area contributed by atoms with E-state index in [1.54, 1.807) is 25.1 Å². The normalized spacial score (nSPS) is 12.2. The Bertz CT molecular complexity index is 502. The first-order valence-corrected chi connectivity index (χ1v) is 5.84. The van der Waals surface area contributed by atoms with Crippen molar-refractivity contribution in [3.8, 4) is 5.75 Å². The van der Waals surface area contributed by atoms with Crippen LogP contribution in [0.4, 0.5) is 5.69 Å². The van der Waals surface area contributed by atoms with Gasteiger partial charge in [-0.05, 0) is 26.0 Å². The predicted octanol–water partition coefficient (Wildman–Crippen LogP) is 2.79. The molecule has 0 saturated carbocycles. The number of carbonyl (C=O) groups is 1. The molecule has 5 nitrogen and oxygen atoms in total. The second-order valence-electron chi connectivity index (χ2n) is 3.65. The number of nitrogens with zero attached hydrogens (tertiary/aromatic N) is 1. The Kier molecular flexibility index (Phi) is 5.60. The van der Waals surface area contributed by atoms with Crippen LogP contribution in [-0.4, -0.2) is 31.0 Å². The SMILES string of the molecule is CCOC(=O)C(C=Nc1ccccc1OC)=C(C)O. The molecule has 1 rings (SSSR count). The van der Waals surface area contributed by atoms with Gasteiger partial charge in [0.25, 0.3) is 0 Å². The van der Waals surface area contributed by atoms with Gasteiger partial charge < -0.3 is 14.6 Å². The molecule has 0 amide bonds. The predicted molar refractivity (Wildman–Crippen MR) is 73.1 cm³/mol. The first-order chi connectivity index (χ1) is 9.10. The number of rotatable bonds is 5. The highest BCUT2D eigenvalue weighted by Crippen LogP contribution is 2.26. The fourth-order valence-corrected chi connectivity index (χ4v) is 1.37. The lowest BCUT2D eigenvalue weighted by Crippen LogP contribution is -2.10. The van der Waals surface area contributed by atoms with E-state index >= 15 is 0 Å². The quantitative estimate of drug-likeness (QED) is 0.384. The molecule has 0 radical (unpaired) electrons. The van der Waals surface area contributed by atoms with Crippen LogP contribution < -0.4 is 4.74 Å². The number of hydrogen-bond acceptors (Lipinski definition) is 5. The van der Waals surface area contributed by atoms with Crippen molar-refractivity contribution in [2.24, 2.45) is 4.99 Å². The number of carbonyl (C=O) groups excluding carboxylic acids is 1. The number of aliphatic imine (C=N–C) groups is 1. The van der Waals surface area contributed by atoms with Gasteiger partial charge >= 0.3 is 5.97 Å². The summed E-state index contributed by atoms with van der Waals surface area (Å²) in [4.78, 5) is 15.7. The van der Waals surface area contributed by atoms with Crippen LogP contribution in [0.2, 0.25) is 0 Å². The second kappa shape index (κ2) is 7.20. The largest absolute Gasteiger partial charge is 0.512 e. The standard InChI is InChI=1S/C14H17NO4/c1-4-19-14(17)11(10(2)16)9-15-12-7-5-6-8-13(12)18-3/h5-9,16H,4H2,1-3H3. The molecule has 0 aliphatic heterocycles. The van der Waals surface area contributed by atoms with Crippen LogP contribution in [0, 0.1) is 0 Å². The van der Waals surface area contributed by atoms with Gasteiger partial charge in [0.15, 0.2) is 0 Å². The maximum atomic E-state index is 11.6. The molecule has 0 spiro atoms. The number of aliphatic hydroxyl groups is 1. The molecule has 0 aromatic heterocycles. The number of methoxy groups -OCH3 is 1. The Labute approximate surface area is 112 Å². The number of ether oxygens (including phenoxy) is 2. The zero-order chi connectivity index (χ0) is 14.3. The third kappa shape index (κ3) is 4.13. The summed E-state index contributed by atoms with van der Waals surface area (Å²) < 4.78 is 9.97. The molecule has 19 heavy (non-hydrogen) atoms. The summed E-state index contributed by atoms with van der Waals surface area (Å²) in [5.74, 6) is -0.171. The molecule has 0 aliphatic rings. The molecule has 0 unspecified atom stereocenters. The highest BCUT2D eigenvalue weighted by molar-refractivity contribution is 6.10. The first-order valence-electron chi connectivity index (χ1n) is 5.84. The van der Waals surface area contributed by atoms with Crippen molar-refractivity contribution in [1.29, 1.82) is 0 Å². The lowest BCUT2D eigenvalue weighted by Gasteiger charge is -2.05. The van der Waals surface area contributed by atoms with Crippen molar-refractivity contribution in [3.63, 3.8) is 0 Å². The molecule has 0 bridgehead atoms. The van der Waals surface area contributed by atoms with E-state index in [2.05, 4.69) is 4.99 Å². The molecule has 0 fully saturated rings. The summed E-state index contributed by atoms with van der Waals surface area (Å²) in [5.41, 5.74) is 0.584. The number of hydrogen-bond donors (Lipinski definition) is 1. The van der Waals surface area contributed by atoms with Gasteiger partial charge in [0.05, 0.1) is 13.7 Å². The second-order valence-corrected chi connectivity index (χ2v) is 3.65. The minimum Gasteiger partial charge on any atom is -0.512 e. The van der Waals surface area contributed by atoms with E-state index < -0.39 is 5.97 Å². The molecule has 1 N–H and O–H groups in total. The summed E-state index contributed by atoms with van der Waals surface area (Å²) in [7, 11) is 1.54. The number of allylic oxidation sites excluding steroid dienone is 1. The maximum absolute atomic E-state index is 11.6. The monoisotopic (exact) mass is 263 g/mol. The Hall–Kier alpha value is -2.30. The molecule has 102 valence electrons. The average molecular weight is 263 g/mol. The van der Waals surface area contributed by atoms with Crippen LogP contribution in [0.3, 0.4) is 0 Å². The summed E-state index contributed by atoms with van der Waals surface area (Å²) in [6.07, 6.45) is 1.27. The van der Waals surface area contributed by atoms with Crippen molar-refractivity contribution >= 4 is 17.9 Å². The average Bonchev–Trinajstić information content (AvgIpc) is 2.39. The maximum Gasteiger partial charge on any atom is 0.343 e. The number of benzene rings is 1. The third-order valence-electron chi connectivity index (χ3n) is 2.30. The molecular weight excluding hydrogens is 246 g/mol. The molecule has 1 aromatic rings. The van der Waals surface area contributed by atoms with E-state index in [-0.39, 0.29) is 17.9 Å². The van der Waals surface area contributed by atoms with Gasteiger partial charge in [-0.1, -0.05) is 12.1 Å². The molecule has 5 heteroatoms. The summed E-state index contributed by atoms with van der Waals surface area (Å²) in [6.45, 7) is 3.33. The Morgan fingerprint density at radius 3 is 2.68 bits per heavy atom. The molecule has 0 aliphatic carbocycles. The van der Waals surface area contributed by atoms with Crippen LogP contribution in [-0.2, 0) is 9.53 Å². The fraction of sp³-hybridized carbons (Fsp3) is 0.286. The smallest absolute Gasteiger partial charge is 0.343 e. The number of esters is 1. The lowest BCUT2D eigenvalue weighted by atomic mass is 10.2. The van der Waals surface area contributed by atoms with Crippen LogP contribution >= 0.6 is 0 Å². The van der Waals surface area contributed by atoms with Crippen molar-refractivity contribution in [2.75, 3.05) is 13.7 Å². The van der Waals surface area contributed by atoms with E-state index in [1.807, 2.05) is 6.07 Å². The van der Waals surface area contributed by atoms with E-state index in [4.69, 9.17) is 9.47 Å². The minimum absolute atomic E-state index is 0.0211. The Morgan fingerprint density at radius 1 is 1.42 bits per heavy atom. The van der Waals surface area contributed by atoms with Crippen LogP contribution in [0.1, 0.15) is 13.8 Å². The zero-order valence-corrected chi connectivity index (χ0v) is 11.2. The van der Waals surface area contributed by atoms with E-state index in [9.17, 15) is 9.90 Å². The van der Waals surface area contributed by atoms with Crippen LogP contribution in [0.5, 0.6) is 5.75 Å². The van der Waals surface area contributed by atoms with E-state index in [0.29, 0.717) is 11.4 Å². The van der Waals surface area contributed by atoms with Crippen LogP contribution in [0.15, 0.2) is 40.6 Å². The van der Waals surface area contributed by atoms with Crippen molar-refractivity contribution < 1.29 is 19.4 Å². The summed E-state index contributed by atoms with van der Waals surface area (Å²) >= 11 is 0. The van der Waals surface area contributed by atoms with Crippen molar-refractivity contribution in [1.82, 2.24) is 0 Å². The van der Waals surface area contributed by atoms with Gasteiger partial charge in [0, 0.05) is 6.21 Å². The molecule has 0 saturated heterocycles. The summed E-state index contributed by atoms with van der Waals surface area (Å²) in [6, 6.07) is 7.11. The highest BCUT2D eigenvalue weighted by atomic mass is 16.5. The van der Waals surface area contributed by atoms with Crippen LogP contribution in [0.25, 0.3) is 0 Å². The van der Waals surface area contributed by atoms with Gasteiger partial charge in [-0.3, -0.25) is 4.99 Å². The Balaban J connectivity index is 3.00. The molecular formula is C14H17NO4. The van der Waals surface area contributed by atoms with Gasteiger partial charge in [-0.15, -0.1) is 0 Å². The summed E-state index contributed by atoms with van der Waals surface area (Å²) in [5, 5.41) is 9.47. The van der Waals surface area contributed by atoms with Gasteiger partial charge in [0.2, 0.25) is 0 Å². The topological polar surface area (TPSA) is 68.1 Å². The van der Waals surface area contributed by atoms with Gasteiger partial charge in [-0.25, -0.2) is 4.79 Å². The first kappa shape index (κ1) is 14.8. The third-order valence-corrected chi connectivity index (χ3v) is 2.30. The lowest BCUT2D eigenvalue weighted by molar-refractivity contribution is -0.138. The molecule has 0 heterocycles. The Morgan fingerprint density at radius 2 is 2.11 bits per heavy atom. The van der Waals surface area contributed by atoms with Gasteiger partial charge in [-0.2, -0.15) is 0 Å².